The summed E-state index contributed by atoms with van der Waals surface area (Å²) in [6.07, 6.45) is 0. The van der Waals surface area contributed by atoms with Gasteiger partial charge in [-0.3, -0.25) is 0 Å². The quantitative estimate of drug-likeness (QED) is 0.153. The summed E-state index contributed by atoms with van der Waals surface area (Å²) < 4.78 is 6.86. The van der Waals surface area contributed by atoms with Crippen LogP contribution in [0.3, 0.4) is 0 Å². The lowest BCUT2D eigenvalue weighted by Gasteiger charge is -2.29. The van der Waals surface area contributed by atoms with Gasteiger partial charge in [0.1, 0.15) is 11.2 Å². The van der Waals surface area contributed by atoms with Crippen molar-refractivity contribution in [1.82, 2.24) is 0 Å². The Kier molecular flexibility index (Phi) is 8.87. The predicted octanol–water partition coefficient (Wildman–Crippen LogP) is 16.5. The number of anilines is 3. The average Bonchev–Trinajstić information content (AvgIpc) is 3.72. The zero-order valence-corrected chi connectivity index (χ0v) is 32.9. The molecule has 10 aromatic carbocycles. The van der Waals surface area contributed by atoms with E-state index in [9.17, 15) is 0 Å². The van der Waals surface area contributed by atoms with Crippen LogP contribution in [0.4, 0.5) is 17.1 Å². The molecular weight excluding hydrogens is 727 g/mol. The van der Waals surface area contributed by atoms with E-state index < -0.39 is 0 Å². The molecule has 11 aromatic rings. The number of para-hydroxylation sites is 1. The van der Waals surface area contributed by atoms with Crippen molar-refractivity contribution in [1.29, 1.82) is 0 Å². The van der Waals surface area contributed by atoms with Gasteiger partial charge in [-0.05, 0) is 86.5 Å². The molecule has 0 N–H and O–H groups in total. The molecule has 1 heterocycles. The number of fused-ring (bicyclic) bond motifs is 5. The Hall–Kier alpha value is -7.94. The second-order valence-electron chi connectivity index (χ2n) is 15.3. The fourth-order valence-electron chi connectivity index (χ4n) is 8.78. The Morgan fingerprint density at radius 1 is 0.283 bits per heavy atom. The molecule has 0 saturated heterocycles. The maximum absolute atomic E-state index is 6.86. The van der Waals surface area contributed by atoms with E-state index >= 15 is 0 Å². The van der Waals surface area contributed by atoms with Gasteiger partial charge >= 0.3 is 0 Å². The van der Waals surface area contributed by atoms with Gasteiger partial charge in [0, 0.05) is 32.8 Å². The number of furan rings is 1. The SMILES string of the molecule is c1ccc(-c2ccc(-c3ccc(N(c4ccccc4-c4ccccc4)c4cc5c(oc6cccc(-c7cccc(-c8ccccc8)c7)c65)c5ccccc45)cc3)cc2)cc1. The summed E-state index contributed by atoms with van der Waals surface area (Å²) in [6, 6.07) is 84.7. The largest absolute Gasteiger partial charge is 0.455 e. The highest BCUT2D eigenvalue weighted by Crippen LogP contribution is 2.48. The van der Waals surface area contributed by atoms with E-state index in [0.717, 1.165) is 77.6 Å². The molecule has 282 valence electrons. The summed E-state index contributed by atoms with van der Waals surface area (Å²) >= 11 is 0. The molecule has 0 fully saturated rings. The van der Waals surface area contributed by atoms with Crippen LogP contribution in [0.5, 0.6) is 0 Å². The molecule has 0 atom stereocenters. The second kappa shape index (κ2) is 15.1. The molecule has 11 rings (SSSR count). The molecule has 2 heteroatoms. The molecular formula is C58H39NO. The van der Waals surface area contributed by atoms with Gasteiger partial charge in [0.05, 0.1) is 11.4 Å². The number of benzene rings is 10. The molecule has 0 amide bonds. The van der Waals surface area contributed by atoms with Crippen molar-refractivity contribution in [2.45, 2.75) is 0 Å². The summed E-state index contributed by atoms with van der Waals surface area (Å²) in [6.45, 7) is 0. The smallest absolute Gasteiger partial charge is 0.143 e. The maximum Gasteiger partial charge on any atom is 0.143 e. The number of nitrogens with zero attached hydrogens (tertiary/aromatic N) is 1. The van der Waals surface area contributed by atoms with Gasteiger partial charge in [-0.25, -0.2) is 0 Å². The third kappa shape index (κ3) is 6.32. The van der Waals surface area contributed by atoms with Crippen LogP contribution in [0.1, 0.15) is 0 Å². The van der Waals surface area contributed by atoms with Crippen LogP contribution in [0.25, 0.3) is 88.3 Å². The first-order chi connectivity index (χ1) is 29.8. The number of rotatable bonds is 8. The zero-order chi connectivity index (χ0) is 39.8. The van der Waals surface area contributed by atoms with Crippen molar-refractivity contribution < 1.29 is 4.42 Å². The number of hydrogen-bond acceptors (Lipinski definition) is 2. The summed E-state index contributed by atoms with van der Waals surface area (Å²) in [5.41, 5.74) is 16.8. The van der Waals surface area contributed by atoms with Crippen molar-refractivity contribution in [2.24, 2.45) is 0 Å². The molecule has 0 aliphatic heterocycles. The van der Waals surface area contributed by atoms with Gasteiger partial charge in [-0.15, -0.1) is 0 Å². The van der Waals surface area contributed by atoms with Gasteiger partial charge in [-0.1, -0.05) is 200 Å². The Morgan fingerprint density at radius 2 is 0.767 bits per heavy atom. The molecule has 1 aromatic heterocycles. The van der Waals surface area contributed by atoms with Gasteiger partial charge in [0.2, 0.25) is 0 Å². The molecule has 60 heavy (non-hydrogen) atoms. The Morgan fingerprint density at radius 3 is 1.45 bits per heavy atom. The van der Waals surface area contributed by atoms with Gasteiger partial charge in [-0.2, -0.15) is 0 Å². The Bertz CT molecular complexity index is 3280. The lowest BCUT2D eigenvalue weighted by Crippen LogP contribution is -2.12. The van der Waals surface area contributed by atoms with E-state index in [4.69, 9.17) is 4.42 Å². The highest BCUT2D eigenvalue weighted by atomic mass is 16.3. The molecule has 0 spiro atoms. The van der Waals surface area contributed by atoms with E-state index in [1.807, 2.05) is 0 Å². The fourth-order valence-corrected chi connectivity index (χ4v) is 8.78. The van der Waals surface area contributed by atoms with E-state index in [1.165, 1.54) is 27.8 Å². The minimum atomic E-state index is 0.869. The topological polar surface area (TPSA) is 16.4 Å². The Labute approximate surface area is 349 Å². The minimum absolute atomic E-state index is 0.869. The fraction of sp³-hybridized carbons (Fsp3) is 0. The van der Waals surface area contributed by atoms with Crippen LogP contribution in [0, 0.1) is 0 Å². The zero-order valence-electron chi connectivity index (χ0n) is 32.9. The first-order valence-corrected chi connectivity index (χ1v) is 20.5. The molecule has 0 radical (unpaired) electrons. The lowest BCUT2D eigenvalue weighted by atomic mass is 9.94. The van der Waals surface area contributed by atoms with E-state index in [2.05, 4.69) is 241 Å². The molecule has 0 aliphatic carbocycles. The standard InChI is InChI=1S/C58H39NO/c1-4-16-40(17-5-1)42-30-32-43(33-31-42)44-34-36-48(37-35-44)59(54-28-13-12-24-49(54)45-20-8-3-9-21-45)55-39-53-57-50(47-23-14-22-46(38-47)41-18-6-2-7-19-41)27-15-29-56(57)60-58(53)52-26-11-10-25-51(52)55/h1-39H. The average molecular weight is 766 g/mol. The monoisotopic (exact) mass is 765 g/mol. The molecule has 2 nitrogen and oxygen atoms in total. The van der Waals surface area contributed by atoms with Crippen molar-refractivity contribution in [3.63, 3.8) is 0 Å². The van der Waals surface area contributed by atoms with Crippen molar-refractivity contribution in [3.05, 3.63) is 237 Å². The van der Waals surface area contributed by atoms with Gasteiger partial charge in [0.15, 0.2) is 0 Å². The lowest BCUT2D eigenvalue weighted by molar-refractivity contribution is 0.673. The van der Waals surface area contributed by atoms with Gasteiger partial charge < -0.3 is 9.32 Å². The van der Waals surface area contributed by atoms with Crippen LogP contribution in [-0.4, -0.2) is 0 Å². The highest BCUT2D eigenvalue weighted by Gasteiger charge is 2.23. The Balaban J connectivity index is 1.12. The van der Waals surface area contributed by atoms with Crippen molar-refractivity contribution >= 4 is 49.8 Å². The summed E-state index contributed by atoms with van der Waals surface area (Å²) in [5.74, 6) is 0. The third-order valence-electron chi connectivity index (χ3n) is 11.7. The van der Waals surface area contributed by atoms with Crippen LogP contribution < -0.4 is 4.90 Å². The maximum atomic E-state index is 6.86. The highest BCUT2D eigenvalue weighted by molar-refractivity contribution is 6.22. The summed E-state index contributed by atoms with van der Waals surface area (Å²) in [5, 5.41) is 4.37. The van der Waals surface area contributed by atoms with Crippen LogP contribution in [-0.2, 0) is 0 Å². The predicted molar refractivity (Wildman–Crippen MR) is 253 cm³/mol. The normalized spacial score (nSPS) is 11.3. The molecule has 0 unspecified atom stereocenters. The van der Waals surface area contributed by atoms with E-state index in [0.29, 0.717) is 0 Å². The van der Waals surface area contributed by atoms with Crippen LogP contribution >= 0.6 is 0 Å². The molecule has 0 bridgehead atoms. The van der Waals surface area contributed by atoms with Crippen LogP contribution in [0.2, 0.25) is 0 Å². The molecule has 0 saturated carbocycles. The van der Waals surface area contributed by atoms with E-state index in [-0.39, 0.29) is 0 Å². The second-order valence-corrected chi connectivity index (χ2v) is 15.3. The summed E-state index contributed by atoms with van der Waals surface area (Å²) in [7, 11) is 0. The van der Waals surface area contributed by atoms with Crippen LogP contribution in [0.15, 0.2) is 241 Å². The first kappa shape index (κ1) is 35.2. The van der Waals surface area contributed by atoms with E-state index in [1.54, 1.807) is 0 Å². The van der Waals surface area contributed by atoms with Gasteiger partial charge in [0.25, 0.3) is 0 Å². The van der Waals surface area contributed by atoms with Crippen molar-refractivity contribution in [2.75, 3.05) is 4.90 Å². The minimum Gasteiger partial charge on any atom is -0.455 e. The van der Waals surface area contributed by atoms with Crippen molar-refractivity contribution in [3.8, 4) is 55.6 Å². The summed E-state index contributed by atoms with van der Waals surface area (Å²) in [4.78, 5) is 2.43. The molecule has 0 aliphatic rings. The first-order valence-electron chi connectivity index (χ1n) is 20.5. The third-order valence-corrected chi connectivity index (χ3v) is 11.7. The number of hydrogen-bond donors (Lipinski definition) is 0.